The first kappa shape index (κ1) is 28.0. The molecule has 7 nitrogen and oxygen atoms in total. The van der Waals surface area contributed by atoms with Gasteiger partial charge in [-0.3, -0.25) is 9.59 Å². The van der Waals surface area contributed by atoms with Crippen molar-refractivity contribution in [3.8, 4) is 0 Å². The molecule has 1 heterocycles. The molecule has 1 amide bonds. The van der Waals surface area contributed by atoms with E-state index in [0.717, 1.165) is 16.7 Å². The second kappa shape index (κ2) is 14.2. The van der Waals surface area contributed by atoms with Crippen LogP contribution in [0.15, 0.2) is 114 Å². The smallest absolute Gasteiger partial charge is 0.252 e. The summed E-state index contributed by atoms with van der Waals surface area (Å²) in [5.41, 5.74) is 8.82. The van der Waals surface area contributed by atoms with Crippen molar-refractivity contribution in [1.29, 1.82) is 0 Å². The van der Waals surface area contributed by atoms with Crippen LogP contribution in [0.25, 0.3) is 0 Å². The molecule has 0 bridgehead atoms. The van der Waals surface area contributed by atoms with Gasteiger partial charge in [0.15, 0.2) is 5.78 Å². The van der Waals surface area contributed by atoms with Crippen molar-refractivity contribution in [2.24, 2.45) is 5.73 Å². The first-order valence-electron chi connectivity index (χ1n) is 12.8. The van der Waals surface area contributed by atoms with Gasteiger partial charge in [-0.2, -0.15) is 0 Å². The second-order valence-electron chi connectivity index (χ2n) is 9.25. The summed E-state index contributed by atoms with van der Waals surface area (Å²) >= 11 is 0. The van der Waals surface area contributed by atoms with Gasteiger partial charge < -0.3 is 24.7 Å². The number of primary amides is 1. The van der Waals surface area contributed by atoms with Gasteiger partial charge in [0.2, 0.25) is 0 Å². The van der Waals surface area contributed by atoms with Gasteiger partial charge in [0.05, 0.1) is 38.3 Å². The molecule has 0 saturated carbocycles. The van der Waals surface area contributed by atoms with Crippen LogP contribution in [-0.2, 0) is 48.4 Å². The van der Waals surface area contributed by atoms with Crippen molar-refractivity contribution >= 4 is 11.7 Å². The van der Waals surface area contributed by atoms with E-state index < -0.39 is 30.0 Å². The molecule has 4 rings (SSSR count). The van der Waals surface area contributed by atoms with Gasteiger partial charge >= 0.3 is 0 Å². The van der Waals surface area contributed by atoms with Gasteiger partial charge in [0, 0.05) is 5.57 Å². The number of Topliss-reactive ketones (excluding diaryl/α,β-unsaturated/α-hetero) is 1. The molecule has 0 radical (unpaired) electrons. The average Bonchev–Trinajstić information content (AvgIpc) is 2.96. The molecule has 0 saturated heterocycles. The number of ether oxygens (including phenoxy) is 4. The predicted octanol–water partition coefficient (Wildman–Crippen LogP) is 4.66. The number of hydrogen-bond donors (Lipinski definition) is 1. The highest BCUT2D eigenvalue weighted by Gasteiger charge is 2.39. The number of benzene rings is 3. The maximum absolute atomic E-state index is 12.1. The first-order chi connectivity index (χ1) is 19.0. The lowest BCUT2D eigenvalue weighted by atomic mass is 9.95. The Balaban J connectivity index is 1.61. The van der Waals surface area contributed by atoms with Crippen molar-refractivity contribution in [2.45, 2.75) is 45.1 Å². The largest absolute Gasteiger partial charge is 0.492 e. The van der Waals surface area contributed by atoms with Gasteiger partial charge in [-0.05, 0) is 29.7 Å². The number of hydrogen-bond acceptors (Lipinski definition) is 6. The molecule has 2 N–H and O–H groups in total. The molecule has 3 atom stereocenters. The van der Waals surface area contributed by atoms with Gasteiger partial charge in [-0.1, -0.05) is 91.0 Å². The van der Waals surface area contributed by atoms with E-state index in [2.05, 4.69) is 0 Å². The fourth-order valence-corrected chi connectivity index (χ4v) is 4.24. The Kier molecular flexibility index (Phi) is 10.2. The highest BCUT2D eigenvalue weighted by molar-refractivity contribution is 6.18. The number of carbonyl (C=O) groups excluding carboxylic acids is 2. The summed E-state index contributed by atoms with van der Waals surface area (Å²) in [7, 11) is 0. The van der Waals surface area contributed by atoms with Crippen molar-refractivity contribution < 1.29 is 28.5 Å². The Labute approximate surface area is 228 Å². The van der Waals surface area contributed by atoms with Gasteiger partial charge in [-0.25, -0.2) is 0 Å². The molecule has 39 heavy (non-hydrogen) atoms. The van der Waals surface area contributed by atoms with E-state index in [1.165, 1.54) is 19.3 Å². The zero-order valence-corrected chi connectivity index (χ0v) is 21.9. The van der Waals surface area contributed by atoms with Crippen LogP contribution in [0.5, 0.6) is 0 Å². The fourth-order valence-electron chi connectivity index (χ4n) is 4.24. The van der Waals surface area contributed by atoms with Crippen molar-refractivity contribution in [3.63, 3.8) is 0 Å². The van der Waals surface area contributed by atoms with Crippen LogP contribution in [0.3, 0.4) is 0 Å². The van der Waals surface area contributed by atoms with E-state index >= 15 is 0 Å². The molecule has 0 aromatic heterocycles. The third kappa shape index (κ3) is 8.22. The Morgan fingerprint density at radius 1 is 0.795 bits per heavy atom. The Hall–Kier alpha value is -4.04. The van der Waals surface area contributed by atoms with E-state index in [-0.39, 0.29) is 18.8 Å². The summed E-state index contributed by atoms with van der Waals surface area (Å²) < 4.78 is 24.9. The second-order valence-corrected chi connectivity index (χ2v) is 9.25. The van der Waals surface area contributed by atoms with E-state index in [0.29, 0.717) is 18.8 Å². The van der Waals surface area contributed by atoms with Gasteiger partial charge in [-0.15, -0.1) is 0 Å². The third-order valence-electron chi connectivity index (χ3n) is 6.28. The highest BCUT2D eigenvalue weighted by atomic mass is 16.6. The van der Waals surface area contributed by atoms with E-state index in [1.807, 2.05) is 91.0 Å². The van der Waals surface area contributed by atoms with Crippen molar-refractivity contribution in [2.75, 3.05) is 6.61 Å². The molecule has 0 unspecified atom stereocenters. The minimum Gasteiger partial charge on any atom is -0.492 e. The number of carbonyl (C=O) groups is 2. The lowest BCUT2D eigenvalue weighted by molar-refractivity contribution is -0.150. The first-order valence-corrected chi connectivity index (χ1v) is 12.8. The number of nitrogens with two attached hydrogens (primary N) is 1. The molecule has 0 spiro atoms. The molecule has 3 aromatic carbocycles. The number of rotatable bonds is 13. The Morgan fingerprint density at radius 3 is 1.82 bits per heavy atom. The molecule has 1 aliphatic rings. The van der Waals surface area contributed by atoms with Crippen LogP contribution in [0.1, 0.15) is 23.6 Å². The summed E-state index contributed by atoms with van der Waals surface area (Å²) in [5.74, 6) is -1.26. The summed E-state index contributed by atoms with van der Waals surface area (Å²) in [5, 5.41) is 0. The maximum Gasteiger partial charge on any atom is 0.252 e. The lowest BCUT2D eigenvalue weighted by Crippen LogP contribution is -2.48. The molecule has 0 fully saturated rings. The van der Waals surface area contributed by atoms with Crippen LogP contribution in [-0.4, -0.2) is 36.6 Å². The molecular formula is C32H33NO6. The van der Waals surface area contributed by atoms with Crippen molar-refractivity contribution in [3.05, 3.63) is 131 Å². The minimum atomic E-state index is -0.819. The van der Waals surface area contributed by atoms with Crippen LogP contribution in [0.4, 0.5) is 0 Å². The quantitative estimate of drug-likeness (QED) is 0.197. The predicted molar refractivity (Wildman–Crippen MR) is 147 cm³/mol. The van der Waals surface area contributed by atoms with Crippen LogP contribution < -0.4 is 5.73 Å². The summed E-state index contributed by atoms with van der Waals surface area (Å²) in [6.07, 6.45) is 1.15. The monoisotopic (exact) mass is 527 g/mol. The van der Waals surface area contributed by atoms with Crippen LogP contribution in [0.2, 0.25) is 0 Å². The zero-order chi connectivity index (χ0) is 27.5. The van der Waals surface area contributed by atoms with Crippen LogP contribution >= 0.6 is 0 Å². The zero-order valence-electron chi connectivity index (χ0n) is 21.9. The Bertz CT molecular complexity index is 1260. The summed E-state index contributed by atoms with van der Waals surface area (Å²) in [4.78, 5) is 24.2. The molecule has 3 aromatic rings. The van der Waals surface area contributed by atoms with Gasteiger partial charge in [0.1, 0.15) is 18.3 Å². The molecule has 1 aliphatic heterocycles. The maximum atomic E-state index is 12.1. The summed E-state index contributed by atoms with van der Waals surface area (Å²) in [6.45, 7) is 2.54. The van der Waals surface area contributed by atoms with E-state index in [4.69, 9.17) is 24.7 Å². The van der Waals surface area contributed by atoms with E-state index in [9.17, 15) is 9.59 Å². The number of amides is 1. The highest BCUT2D eigenvalue weighted by Crippen LogP contribution is 2.29. The lowest BCUT2D eigenvalue weighted by Gasteiger charge is -2.37. The Morgan fingerprint density at radius 2 is 1.31 bits per heavy atom. The molecule has 202 valence electrons. The standard InChI is InChI=1S/C32H33NO6/c1-23(34)28(32(33)35)17-27-21-37-29(22-36-18-24-11-5-2-6-12-24)31(39-20-26-15-9-4-10-16-26)30(27)38-19-25-13-7-3-8-14-25/h2-17,21,29-31H,18-20,22H2,1H3,(H2,33,35)/b28-17+/t29-,30-,31-/m1/s1. The third-order valence-corrected chi connectivity index (χ3v) is 6.28. The molecule has 7 heteroatoms. The fraction of sp³-hybridized carbons (Fsp3) is 0.250. The van der Waals surface area contributed by atoms with E-state index in [1.54, 1.807) is 0 Å². The molecular weight excluding hydrogens is 494 g/mol. The number of ketones is 1. The van der Waals surface area contributed by atoms with Gasteiger partial charge in [0.25, 0.3) is 5.91 Å². The van der Waals surface area contributed by atoms with Crippen LogP contribution in [0, 0.1) is 0 Å². The molecule has 0 aliphatic carbocycles. The average molecular weight is 528 g/mol. The topological polar surface area (TPSA) is 97.1 Å². The summed E-state index contributed by atoms with van der Waals surface area (Å²) in [6, 6.07) is 29.4. The minimum absolute atomic E-state index is 0.140. The SMILES string of the molecule is CC(=O)/C(=C\C1=CO[C@H](COCc2ccccc2)[C@@H](OCc2ccccc2)[C@@H]1OCc1ccccc1)C(N)=O. The van der Waals surface area contributed by atoms with Crippen molar-refractivity contribution in [1.82, 2.24) is 0 Å². The normalized spacial score (nSPS) is 19.2.